The number of ketones is 1. The van der Waals surface area contributed by atoms with Crippen molar-refractivity contribution in [3.05, 3.63) is 59.9 Å². The molecular formula is C25H27N5O5S3. The number of thiazole rings is 1. The second kappa shape index (κ2) is 12.6. The maximum atomic E-state index is 12.9. The molecule has 10 nitrogen and oxygen atoms in total. The topological polar surface area (TPSA) is 147 Å². The Kier molecular flexibility index (Phi) is 9.26. The van der Waals surface area contributed by atoms with E-state index >= 15 is 0 Å². The monoisotopic (exact) mass is 573 g/mol. The first-order valence-electron chi connectivity index (χ1n) is 11.9. The van der Waals surface area contributed by atoms with Crippen molar-refractivity contribution < 1.29 is 22.8 Å². The summed E-state index contributed by atoms with van der Waals surface area (Å²) in [7, 11) is -3.46. The lowest BCUT2D eigenvalue weighted by atomic mass is 9.95. The molecule has 0 aliphatic heterocycles. The summed E-state index contributed by atoms with van der Waals surface area (Å²) in [5, 5.41) is 6.21. The van der Waals surface area contributed by atoms with Crippen molar-refractivity contribution in [1.82, 2.24) is 14.7 Å². The molecule has 1 fully saturated rings. The van der Waals surface area contributed by atoms with E-state index in [1.165, 1.54) is 11.8 Å². The molecule has 3 aromatic rings. The normalized spacial score (nSPS) is 13.8. The molecule has 2 aromatic heterocycles. The van der Waals surface area contributed by atoms with E-state index in [1.807, 2.05) is 6.07 Å². The van der Waals surface area contributed by atoms with Gasteiger partial charge in [0.15, 0.2) is 10.9 Å². The van der Waals surface area contributed by atoms with E-state index in [0.717, 1.165) is 43.3 Å². The van der Waals surface area contributed by atoms with Crippen LogP contribution in [0.2, 0.25) is 0 Å². The summed E-state index contributed by atoms with van der Waals surface area (Å²) in [6, 6.07) is 12.2. The van der Waals surface area contributed by atoms with Crippen LogP contribution in [0.25, 0.3) is 0 Å². The number of benzene rings is 1. The van der Waals surface area contributed by atoms with Gasteiger partial charge in [-0.3, -0.25) is 14.4 Å². The van der Waals surface area contributed by atoms with Crippen molar-refractivity contribution in [2.45, 2.75) is 47.9 Å². The summed E-state index contributed by atoms with van der Waals surface area (Å²) in [6.07, 6.45) is 5.95. The van der Waals surface area contributed by atoms with Crippen LogP contribution < -0.4 is 15.4 Å². The number of nitrogens with zero attached hydrogens (tertiary/aromatic N) is 2. The van der Waals surface area contributed by atoms with Gasteiger partial charge in [0.2, 0.25) is 21.8 Å². The van der Waals surface area contributed by atoms with Crippen LogP contribution in [0.4, 0.5) is 10.8 Å². The third-order valence-corrected chi connectivity index (χ3v) is 8.61. The Morgan fingerprint density at radius 1 is 1.03 bits per heavy atom. The van der Waals surface area contributed by atoms with Crippen molar-refractivity contribution >= 4 is 61.5 Å². The third-order valence-electron chi connectivity index (χ3n) is 5.76. The number of nitrogens with one attached hydrogen (secondary N) is 3. The molecule has 1 aromatic carbocycles. The Morgan fingerprint density at radius 2 is 1.74 bits per heavy atom. The standard InChI is InChI=1S/C25H27N5O5S3/c1-38(34,35)27-15-19-24(36-22-12-6-7-13-26-22)37-25(29-19)30-21(32)14-20(31)28-18-11-5-4-10-17(18)23(33)16-8-2-3-9-16/h4-7,10-13,16,27H,2-3,8-9,14-15H2,1H3,(H,28,31)(H,29,30,32). The maximum absolute atomic E-state index is 12.9. The molecule has 1 saturated carbocycles. The van der Waals surface area contributed by atoms with Crippen LogP contribution >= 0.6 is 23.1 Å². The quantitative estimate of drug-likeness (QED) is 0.230. The fourth-order valence-corrected chi connectivity index (χ4v) is 6.48. The maximum Gasteiger partial charge on any atom is 0.235 e. The highest BCUT2D eigenvalue weighted by atomic mass is 32.2. The zero-order valence-corrected chi connectivity index (χ0v) is 23.0. The molecule has 0 atom stereocenters. The molecule has 2 heterocycles. The van der Waals surface area contributed by atoms with E-state index in [0.29, 0.717) is 26.2 Å². The number of amides is 2. The van der Waals surface area contributed by atoms with Gasteiger partial charge in [0.25, 0.3) is 0 Å². The van der Waals surface area contributed by atoms with Gasteiger partial charge in [0.1, 0.15) is 11.4 Å². The van der Waals surface area contributed by atoms with Crippen molar-refractivity contribution in [2.75, 3.05) is 16.9 Å². The molecule has 13 heteroatoms. The van der Waals surface area contributed by atoms with E-state index in [-0.39, 0.29) is 23.4 Å². The smallest absolute Gasteiger partial charge is 0.235 e. The highest BCUT2D eigenvalue weighted by Gasteiger charge is 2.26. The lowest BCUT2D eigenvalue weighted by Crippen LogP contribution is -2.23. The fourth-order valence-electron chi connectivity index (χ4n) is 4.00. The predicted molar refractivity (Wildman–Crippen MR) is 147 cm³/mol. The van der Waals surface area contributed by atoms with Crippen LogP contribution in [0.1, 0.15) is 48.2 Å². The van der Waals surface area contributed by atoms with E-state index in [2.05, 4.69) is 25.3 Å². The summed E-state index contributed by atoms with van der Waals surface area (Å²) in [5.74, 6) is -1.18. The largest absolute Gasteiger partial charge is 0.325 e. The molecule has 1 aliphatic carbocycles. The highest BCUT2D eigenvalue weighted by Crippen LogP contribution is 2.36. The minimum Gasteiger partial charge on any atom is -0.325 e. The minimum absolute atomic E-state index is 0.0128. The van der Waals surface area contributed by atoms with Gasteiger partial charge in [0, 0.05) is 17.7 Å². The molecule has 0 unspecified atom stereocenters. The van der Waals surface area contributed by atoms with E-state index in [1.54, 1.807) is 42.6 Å². The van der Waals surface area contributed by atoms with Crippen molar-refractivity contribution in [3.8, 4) is 0 Å². The van der Waals surface area contributed by atoms with Crippen LogP contribution in [0.15, 0.2) is 57.9 Å². The van der Waals surface area contributed by atoms with Gasteiger partial charge in [-0.05, 0) is 37.1 Å². The second-order valence-electron chi connectivity index (χ2n) is 8.78. The Balaban J connectivity index is 1.41. The molecule has 0 saturated heterocycles. The van der Waals surface area contributed by atoms with E-state index in [4.69, 9.17) is 0 Å². The second-order valence-corrected chi connectivity index (χ2v) is 12.9. The average Bonchev–Trinajstić information content (AvgIpc) is 3.53. The van der Waals surface area contributed by atoms with Crippen molar-refractivity contribution in [3.63, 3.8) is 0 Å². The molecule has 200 valence electrons. The number of Topliss-reactive ketones (excluding diaryl/α,β-unsaturated/α-hetero) is 1. The molecule has 38 heavy (non-hydrogen) atoms. The van der Waals surface area contributed by atoms with E-state index < -0.39 is 28.3 Å². The first-order chi connectivity index (χ1) is 18.2. The van der Waals surface area contributed by atoms with Crippen LogP contribution in [0.3, 0.4) is 0 Å². The van der Waals surface area contributed by atoms with Crippen LogP contribution in [0, 0.1) is 5.92 Å². The number of hydrogen-bond acceptors (Lipinski definition) is 9. The van der Waals surface area contributed by atoms with Gasteiger partial charge in [-0.1, -0.05) is 54.1 Å². The molecule has 0 bridgehead atoms. The highest BCUT2D eigenvalue weighted by molar-refractivity contribution is 8.01. The average molecular weight is 574 g/mol. The number of hydrogen-bond donors (Lipinski definition) is 3. The summed E-state index contributed by atoms with van der Waals surface area (Å²) in [6.45, 7) is -0.0628. The number of aromatic nitrogens is 2. The number of anilines is 2. The Labute approximate surface area is 229 Å². The number of pyridine rings is 1. The molecular weight excluding hydrogens is 547 g/mol. The molecule has 0 radical (unpaired) electrons. The van der Waals surface area contributed by atoms with Gasteiger partial charge >= 0.3 is 0 Å². The van der Waals surface area contributed by atoms with Gasteiger partial charge in [-0.25, -0.2) is 23.1 Å². The Bertz CT molecular complexity index is 1420. The van der Waals surface area contributed by atoms with Crippen molar-refractivity contribution in [1.29, 1.82) is 0 Å². The lowest BCUT2D eigenvalue weighted by Gasteiger charge is -2.13. The molecule has 2 amide bonds. The van der Waals surface area contributed by atoms with Gasteiger partial charge in [-0.2, -0.15) is 0 Å². The number of carbonyl (C=O) groups excluding carboxylic acids is 3. The number of rotatable bonds is 11. The van der Waals surface area contributed by atoms with Gasteiger partial charge in [0.05, 0.1) is 28.4 Å². The molecule has 1 aliphatic rings. The molecule has 4 rings (SSSR count). The molecule has 3 N–H and O–H groups in total. The molecule has 0 spiro atoms. The van der Waals surface area contributed by atoms with Crippen LogP contribution in [-0.4, -0.2) is 42.2 Å². The fraction of sp³-hybridized carbons (Fsp3) is 0.320. The van der Waals surface area contributed by atoms with Gasteiger partial charge < -0.3 is 10.6 Å². The number of sulfonamides is 1. The SMILES string of the molecule is CS(=O)(=O)NCc1nc(NC(=O)CC(=O)Nc2ccccc2C(=O)C2CCCC2)sc1Sc1ccccn1. The summed E-state index contributed by atoms with van der Waals surface area (Å²) in [5.41, 5.74) is 1.27. The van der Waals surface area contributed by atoms with Crippen LogP contribution in [0.5, 0.6) is 0 Å². The zero-order valence-electron chi connectivity index (χ0n) is 20.6. The van der Waals surface area contributed by atoms with Gasteiger partial charge in [-0.15, -0.1) is 0 Å². The summed E-state index contributed by atoms with van der Waals surface area (Å²) in [4.78, 5) is 46.8. The Morgan fingerprint density at radius 3 is 2.45 bits per heavy atom. The third kappa shape index (κ3) is 7.93. The summed E-state index contributed by atoms with van der Waals surface area (Å²) >= 11 is 2.44. The number of para-hydroxylation sites is 1. The number of carbonyl (C=O) groups is 3. The van der Waals surface area contributed by atoms with Crippen LogP contribution in [-0.2, 0) is 26.2 Å². The first kappa shape index (κ1) is 27.9. The minimum atomic E-state index is -3.46. The lowest BCUT2D eigenvalue weighted by molar-refractivity contribution is -0.123. The van der Waals surface area contributed by atoms with Crippen molar-refractivity contribution in [2.24, 2.45) is 5.92 Å². The predicted octanol–water partition coefficient (Wildman–Crippen LogP) is 4.08. The zero-order chi connectivity index (χ0) is 27.1. The summed E-state index contributed by atoms with van der Waals surface area (Å²) < 4.78 is 26.2. The first-order valence-corrected chi connectivity index (χ1v) is 15.5. The Hall–Kier alpha value is -3.13. The van der Waals surface area contributed by atoms with E-state index in [9.17, 15) is 22.8 Å².